The Kier molecular flexibility index (Phi) is 5.74. The number of rotatable bonds is 3. The number of aliphatic hydroxyl groups excluding tert-OH is 1. The van der Waals surface area contributed by atoms with Gasteiger partial charge in [0.15, 0.2) is 0 Å². The zero-order chi connectivity index (χ0) is 19.5. The molecule has 0 aromatic heterocycles. The highest BCUT2D eigenvalue weighted by molar-refractivity contribution is 5.95. The van der Waals surface area contributed by atoms with Crippen LogP contribution in [0.4, 0.5) is 4.39 Å². The molecule has 28 heavy (non-hydrogen) atoms. The van der Waals surface area contributed by atoms with Gasteiger partial charge in [0.1, 0.15) is 5.82 Å². The molecule has 5 heteroatoms. The number of halogens is 1. The first-order valence-electron chi connectivity index (χ1n) is 10.2. The molecule has 0 saturated carbocycles. The maximum absolute atomic E-state index is 14.1. The molecule has 2 aromatic rings. The first-order valence-corrected chi connectivity index (χ1v) is 10.2. The Balaban J connectivity index is 1.42. The highest BCUT2D eigenvalue weighted by atomic mass is 19.1. The van der Waals surface area contributed by atoms with Crippen LogP contribution in [-0.4, -0.2) is 59.1 Å². The fourth-order valence-corrected chi connectivity index (χ4v) is 4.45. The Morgan fingerprint density at radius 1 is 1.00 bits per heavy atom. The predicted octanol–water partition coefficient (Wildman–Crippen LogP) is 3.55. The van der Waals surface area contributed by atoms with E-state index in [0.29, 0.717) is 17.2 Å². The van der Waals surface area contributed by atoms with E-state index >= 15 is 0 Å². The lowest BCUT2D eigenvalue weighted by atomic mass is 9.98. The van der Waals surface area contributed by atoms with Crippen LogP contribution in [0.2, 0.25) is 0 Å². The highest BCUT2D eigenvalue weighted by Gasteiger charge is 2.30. The van der Waals surface area contributed by atoms with E-state index in [1.807, 2.05) is 17.0 Å². The van der Waals surface area contributed by atoms with Crippen molar-refractivity contribution in [3.05, 3.63) is 59.9 Å². The summed E-state index contributed by atoms with van der Waals surface area (Å²) in [5, 5.41) is 9.91. The summed E-state index contributed by atoms with van der Waals surface area (Å²) in [5.41, 5.74) is 1.84. The van der Waals surface area contributed by atoms with Gasteiger partial charge in [-0.25, -0.2) is 4.39 Å². The zero-order valence-corrected chi connectivity index (χ0v) is 16.1. The normalized spacial score (nSPS) is 21.6. The van der Waals surface area contributed by atoms with Crippen molar-refractivity contribution in [2.75, 3.05) is 26.2 Å². The fourth-order valence-electron chi connectivity index (χ4n) is 4.45. The van der Waals surface area contributed by atoms with E-state index < -0.39 is 0 Å². The molecule has 2 heterocycles. The van der Waals surface area contributed by atoms with Crippen LogP contribution in [0.1, 0.15) is 36.0 Å². The van der Waals surface area contributed by atoms with Gasteiger partial charge in [-0.05, 0) is 56.0 Å². The third-order valence-corrected chi connectivity index (χ3v) is 5.99. The molecule has 0 spiro atoms. The van der Waals surface area contributed by atoms with Gasteiger partial charge >= 0.3 is 0 Å². The Morgan fingerprint density at radius 2 is 1.79 bits per heavy atom. The van der Waals surface area contributed by atoms with Crippen LogP contribution in [0.25, 0.3) is 11.1 Å². The quantitative estimate of drug-likeness (QED) is 0.883. The number of piperidine rings is 2. The monoisotopic (exact) mass is 382 g/mol. The summed E-state index contributed by atoms with van der Waals surface area (Å²) < 4.78 is 14.1. The molecule has 2 saturated heterocycles. The second-order valence-corrected chi connectivity index (χ2v) is 7.88. The lowest BCUT2D eigenvalue weighted by molar-refractivity contribution is 0.0241. The topological polar surface area (TPSA) is 43.8 Å². The van der Waals surface area contributed by atoms with E-state index in [0.717, 1.165) is 57.4 Å². The average molecular weight is 382 g/mol. The summed E-state index contributed by atoms with van der Waals surface area (Å²) in [5.74, 6) is -0.271. The van der Waals surface area contributed by atoms with Crippen molar-refractivity contribution < 1.29 is 14.3 Å². The average Bonchev–Trinajstić information content (AvgIpc) is 2.74. The molecule has 2 aromatic carbocycles. The Morgan fingerprint density at radius 3 is 2.54 bits per heavy atom. The van der Waals surface area contributed by atoms with Gasteiger partial charge in [-0.15, -0.1) is 0 Å². The smallest absolute Gasteiger partial charge is 0.253 e. The zero-order valence-electron chi connectivity index (χ0n) is 16.1. The lowest BCUT2D eigenvalue weighted by Gasteiger charge is -2.41. The van der Waals surface area contributed by atoms with E-state index in [-0.39, 0.29) is 17.8 Å². The molecule has 4 rings (SSSR count). The first kappa shape index (κ1) is 19.1. The Labute approximate surface area is 165 Å². The van der Waals surface area contributed by atoms with E-state index in [9.17, 15) is 14.3 Å². The number of carbonyl (C=O) groups excluding carboxylic acids is 1. The van der Waals surface area contributed by atoms with Gasteiger partial charge < -0.3 is 10.0 Å². The van der Waals surface area contributed by atoms with Crippen molar-refractivity contribution in [2.24, 2.45) is 0 Å². The van der Waals surface area contributed by atoms with E-state index in [1.54, 1.807) is 30.3 Å². The Bertz CT molecular complexity index is 833. The van der Waals surface area contributed by atoms with Gasteiger partial charge in [-0.2, -0.15) is 0 Å². The SMILES string of the molecule is O=C(c1cccc(-c2ccccc2F)c1)N1CCC(N2CCC[C@@H](O)C2)CC1. The van der Waals surface area contributed by atoms with Crippen LogP contribution in [-0.2, 0) is 0 Å². The standard InChI is InChI=1S/C23H27FN2O2/c24-22-9-2-1-8-21(22)17-5-3-6-18(15-17)23(28)25-13-10-19(11-14-25)26-12-4-7-20(27)16-26/h1-3,5-6,8-9,15,19-20,27H,4,7,10-14,16H2/t20-/m1/s1. The lowest BCUT2D eigenvalue weighted by Crippen LogP contribution is -2.50. The van der Waals surface area contributed by atoms with Crippen molar-refractivity contribution >= 4 is 5.91 Å². The summed E-state index contributed by atoms with van der Waals surface area (Å²) in [6, 6.07) is 14.3. The van der Waals surface area contributed by atoms with Gasteiger partial charge in [-0.1, -0.05) is 30.3 Å². The summed E-state index contributed by atoms with van der Waals surface area (Å²) in [6.07, 6.45) is 3.60. The molecule has 148 valence electrons. The molecule has 2 fully saturated rings. The molecule has 0 aliphatic carbocycles. The van der Waals surface area contributed by atoms with Crippen LogP contribution in [0.15, 0.2) is 48.5 Å². The van der Waals surface area contributed by atoms with Crippen LogP contribution >= 0.6 is 0 Å². The number of aliphatic hydroxyl groups is 1. The second-order valence-electron chi connectivity index (χ2n) is 7.88. The number of benzene rings is 2. The molecule has 1 amide bonds. The minimum atomic E-state index is -0.281. The maximum atomic E-state index is 14.1. The number of hydrogen-bond donors (Lipinski definition) is 1. The molecule has 2 aliphatic heterocycles. The largest absolute Gasteiger partial charge is 0.392 e. The summed E-state index contributed by atoms with van der Waals surface area (Å²) in [7, 11) is 0. The highest BCUT2D eigenvalue weighted by Crippen LogP contribution is 2.25. The van der Waals surface area contributed by atoms with Gasteiger partial charge in [-0.3, -0.25) is 9.69 Å². The molecular formula is C23H27FN2O2. The van der Waals surface area contributed by atoms with E-state index in [2.05, 4.69) is 4.90 Å². The first-order chi connectivity index (χ1) is 13.6. The van der Waals surface area contributed by atoms with Gasteiger partial charge in [0.2, 0.25) is 0 Å². The summed E-state index contributed by atoms with van der Waals surface area (Å²) in [4.78, 5) is 17.3. The van der Waals surface area contributed by atoms with Crippen molar-refractivity contribution in [3.63, 3.8) is 0 Å². The van der Waals surface area contributed by atoms with E-state index in [1.165, 1.54) is 6.07 Å². The van der Waals surface area contributed by atoms with Crippen molar-refractivity contribution in [3.8, 4) is 11.1 Å². The third kappa shape index (κ3) is 4.10. The number of likely N-dealkylation sites (tertiary alicyclic amines) is 2. The number of amides is 1. The second kappa shape index (κ2) is 8.41. The van der Waals surface area contributed by atoms with E-state index in [4.69, 9.17) is 0 Å². The molecular weight excluding hydrogens is 355 g/mol. The third-order valence-electron chi connectivity index (χ3n) is 5.99. The number of carbonyl (C=O) groups is 1. The molecule has 0 radical (unpaired) electrons. The predicted molar refractivity (Wildman–Crippen MR) is 108 cm³/mol. The summed E-state index contributed by atoms with van der Waals surface area (Å²) >= 11 is 0. The Hall–Kier alpha value is -2.24. The van der Waals surface area contributed by atoms with Crippen molar-refractivity contribution in [1.29, 1.82) is 0 Å². The van der Waals surface area contributed by atoms with Crippen LogP contribution in [0.5, 0.6) is 0 Å². The van der Waals surface area contributed by atoms with Gasteiger partial charge in [0, 0.05) is 36.8 Å². The molecule has 0 bridgehead atoms. The molecule has 1 N–H and O–H groups in total. The maximum Gasteiger partial charge on any atom is 0.253 e. The van der Waals surface area contributed by atoms with Gasteiger partial charge in [0.25, 0.3) is 5.91 Å². The molecule has 4 nitrogen and oxygen atoms in total. The number of hydrogen-bond acceptors (Lipinski definition) is 3. The van der Waals surface area contributed by atoms with Crippen molar-refractivity contribution in [2.45, 2.75) is 37.8 Å². The van der Waals surface area contributed by atoms with Crippen LogP contribution in [0.3, 0.4) is 0 Å². The minimum Gasteiger partial charge on any atom is -0.392 e. The number of β-amino-alcohol motifs (C(OH)–C–C–N with tert-alkyl or cyclic N) is 1. The van der Waals surface area contributed by atoms with Gasteiger partial charge in [0.05, 0.1) is 6.10 Å². The molecule has 0 unspecified atom stereocenters. The summed E-state index contributed by atoms with van der Waals surface area (Å²) in [6.45, 7) is 3.24. The minimum absolute atomic E-state index is 0.00955. The molecule has 2 aliphatic rings. The molecule has 1 atom stereocenters. The van der Waals surface area contributed by atoms with Crippen LogP contribution in [0, 0.1) is 5.82 Å². The fraction of sp³-hybridized carbons (Fsp3) is 0.435. The van der Waals surface area contributed by atoms with Crippen LogP contribution < -0.4 is 0 Å². The van der Waals surface area contributed by atoms with Crippen molar-refractivity contribution in [1.82, 2.24) is 9.80 Å². The number of nitrogens with zero attached hydrogens (tertiary/aromatic N) is 2.